The Morgan fingerprint density at radius 3 is 2.94 bits per heavy atom. The Kier molecular flexibility index (Phi) is 7.55. The molecule has 1 amide bonds. The number of piperidine rings is 1. The molecule has 0 saturated carbocycles. The molecule has 1 aliphatic heterocycles. The first kappa shape index (κ1) is 23.9. The predicted octanol–water partition coefficient (Wildman–Crippen LogP) is 3.31. The summed E-state index contributed by atoms with van der Waals surface area (Å²) in [5.74, 6) is 0.831. The number of carbonyl (C=O) groups is 1. The lowest BCUT2D eigenvalue weighted by molar-refractivity contribution is 0.0950. The number of hydrogen-bond acceptors (Lipinski definition) is 8. The first-order valence-corrected chi connectivity index (χ1v) is 12.4. The van der Waals surface area contributed by atoms with Crippen molar-refractivity contribution in [1.82, 2.24) is 30.0 Å². The fourth-order valence-corrected chi connectivity index (χ4v) is 5.10. The normalized spacial score (nSPS) is 16.2. The number of carbonyl (C=O) groups excluding carboxylic acids is 1. The molecule has 3 aromatic heterocycles. The third-order valence-corrected chi connectivity index (χ3v) is 7.04. The highest BCUT2D eigenvalue weighted by Crippen LogP contribution is 2.27. The van der Waals surface area contributed by atoms with Crippen molar-refractivity contribution in [1.29, 1.82) is 5.26 Å². The van der Waals surface area contributed by atoms with Gasteiger partial charge in [-0.05, 0) is 57.4 Å². The van der Waals surface area contributed by atoms with E-state index in [1.807, 2.05) is 43.8 Å². The van der Waals surface area contributed by atoms with Crippen LogP contribution in [0.1, 0.15) is 51.9 Å². The summed E-state index contributed by atoms with van der Waals surface area (Å²) in [7, 11) is 1.93. The number of nitrogens with zero attached hydrogens (tertiary/aromatic N) is 6. The van der Waals surface area contributed by atoms with Gasteiger partial charge in [-0.15, -0.1) is 11.3 Å². The summed E-state index contributed by atoms with van der Waals surface area (Å²) >= 11 is 1.38. The van der Waals surface area contributed by atoms with Crippen LogP contribution in [-0.2, 0) is 13.5 Å². The topological polar surface area (TPSA) is 112 Å². The summed E-state index contributed by atoms with van der Waals surface area (Å²) in [6.45, 7) is 6.83. The van der Waals surface area contributed by atoms with Crippen LogP contribution in [0.5, 0.6) is 0 Å². The summed E-state index contributed by atoms with van der Waals surface area (Å²) in [6, 6.07) is 8.17. The molecule has 4 rings (SSSR count). The first-order valence-electron chi connectivity index (χ1n) is 11.5. The van der Waals surface area contributed by atoms with Gasteiger partial charge in [0.2, 0.25) is 0 Å². The Hall–Kier alpha value is -3.29. The molecule has 4 heterocycles. The molecule has 9 nitrogen and oxygen atoms in total. The second-order valence-electron chi connectivity index (χ2n) is 8.62. The van der Waals surface area contributed by atoms with Gasteiger partial charge in [-0.2, -0.15) is 10.4 Å². The van der Waals surface area contributed by atoms with Crippen molar-refractivity contribution in [2.75, 3.05) is 31.5 Å². The smallest absolute Gasteiger partial charge is 0.270 e. The Labute approximate surface area is 203 Å². The molecule has 1 atom stereocenters. The molecule has 2 N–H and O–H groups in total. The lowest BCUT2D eigenvalue weighted by Gasteiger charge is -2.30. The monoisotopic (exact) mass is 478 g/mol. The number of pyridine rings is 1. The predicted molar refractivity (Wildman–Crippen MR) is 132 cm³/mol. The van der Waals surface area contributed by atoms with Crippen LogP contribution in [0.2, 0.25) is 0 Å². The van der Waals surface area contributed by atoms with Gasteiger partial charge in [-0.1, -0.05) is 6.07 Å². The molecule has 3 aromatic rings. The van der Waals surface area contributed by atoms with E-state index >= 15 is 0 Å². The van der Waals surface area contributed by atoms with E-state index in [0.29, 0.717) is 35.7 Å². The van der Waals surface area contributed by atoms with E-state index in [1.54, 1.807) is 5.38 Å². The maximum absolute atomic E-state index is 12.6. The van der Waals surface area contributed by atoms with Crippen molar-refractivity contribution >= 4 is 28.2 Å². The summed E-state index contributed by atoms with van der Waals surface area (Å²) in [6.07, 6.45) is 2.87. The molecular weight excluding hydrogens is 448 g/mol. The quantitative estimate of drug-likeness (QED) is 0.478. The Morgan fingerprint density at radius 1 is 1.32 bits per heavy atom. The largest absolute Gasteiger partial charge is 0.350 e. The maximum Gasteiger partial charge on any atom is 0.270 e. The standard InChI is InChI=1S/C24H30N8OS/c1-16-19(17(2)31(3)30-16)9-11-26-23(33)21-15-34-24(28-21)29-22-8-4-7-20(27-22)18-6-5-12-32(14-18)13-10-25/h4,7-8,15,18H,5-6,9,11-14H2,1-3H3,(H,26,33)(H,27,28,29)/t18-/m1/s1. The molecule has 178 valence electrons. The second kappa shape index (κ2) is 10.8. The van der Waals surface area contributed by atoms with Gasteiger partial charge in [0.1, 0.15) is 11.5 Å². The van der Waals surface area contributed by atoms with Crippen LogP contribution in [0.3, 0.4) is 0 Å². The van der Waals surface area contributed by atoms with E-state index in [9.17, 15) is 4.79 Å². The Balaban J connectivity index is 1.33. The number of rotatable bonds is 8. The van der Waals surface area contributed by atoms with Crippen LogP contribution in [0, 0.1) is 25.2 Å². The van der Waals surface area contributed by atoms with Gasteiger partial charge in [0.15, 0.2) is 5.13 Å². The molecular formula is C24H30N8OS. The van der Waals surface area contributed by atoms with Crippen molar-refractivity contribution in [2.24, 2.45) is 7.05 Å². The summed E-state index contributed by atoms with van der Waals surface area (Å²) < 4.78 is 1.87. The third kappa shape index (κ3) is 5.61. The summed E-state index contributed by atoms with van der Waals surface area (Å²) in [5, 5.41) is 22.0. The highest BCUT2D eigenvalue weighted by atomic mass is 32.1. The van der Waals surface area contributed by atoms with Crippen LogP contribution in [0.25, 0.3) is 0 Å². The van der Waals surface area contributed by atoms with Gasteiger partial charge in [0.05, 0.1) is 18.3 Å². The van der Waals surface area contributed by atoms with Gasteiger partial charge < -0.3 is 10.6 Å². The van der Waals surface area contributed by atoms with E-state index in [0.717, 1.165) is 49.4 Å². The fraction of sp³-hybridized carbons (Fsp3) is 0.458. The first-order chi connectivity index (χ1) is 16.4. The van der Waals surface area contributed by atoms with Crippen molar-refractivity contribution in [3.05, 3.63) is 51.9 Å². The number of aromatic nitrogens is 4. The summed E-state index contributed by atoms with van der Waals surface area (Å²) in [4.78, 5) is 24.0. The molecule has 0 radical (unpaired) electrons. The average molecular weight is 479 g/mol. The van der Waals surface area contributed by atoms with E-state index in [1.165, 1.54) is 16.9 Å². The molecule has 1 fully saturated rings. The van der Waals surface area contributed by atoms with Crippen LogP contribution < -0.4 is 10.6 Å². The number of nitriles is 1. The van der Waals surface area contributed by atoms with Crippen molar-refractivity contribution in [2.45, 2.75) is 39.0 Å². The molecule has 0 bridgehead atoms. The molecule has 10 heteroatoms. The number of thiazole rings is 1. The highest BCUT2D eigenvalue weighted by molar-refractivity contribution is 7.14. The Bertz CT molecular complexity index is 1190. The van der Waals surface area contributed by atoms with Gasteiger partial charge in [-0.3, -0.25) is 14.4 Å². The molecule has 0 unspecified atom stereocenters. The lowest BCUT2D eigenvalue weighted by Crippen LogP contribution is -2.34. The number of nitrogens with one attached hydrogen (secondary N) is 2. The second-order valence-corrected chi connectivity index (χ2v) is 9.48. The Morgan fingerprint density at radius 2 is 2.18 bits per heavy atom. The number of amides is 1. The molecule has 0 aliphatic carbocycles. The van der Waals surface area contributed by atoms with Crippen LogP contribution >= 0.6 is 11.3 Å². The van der Waals surface area contributed by atoms with E-state index in [2.05, 4.69) is 31.7 Å². The minimum atomic E-state index is -0.190. The zero-order chi connectivity index (χ0) is 24.1. The summed E-state index contributed by atoms with van der Waals surface area (Å²) in [5.41, 5.74) is 4.69. The van der Waals surface area contributed by atoms with Crippen molar-refractivity contribution < 1.29 is 4.79 Å². The number of hydrogen-bond donors (Lipinski definition) is 2. The van der Waals surface area contributed by atoms with Gasteiger partial charge >= 0.3 is 0 Å². The SMILES string of the molecule is Cc1nn(C)c(C)c1CCNC(=O)c1csc(Nc2cccc([C@@H]3CCCN(CC#N)C3)n2)n1. The minimum Gasteiger partial charge on any atom is -0.350 e. The van der Waals surface area contributed by atoms with Crippen LogP contribution in [0.4, 0.5) is 10.9 Å². The number of aryl methyl sites for hydroxylation is 2. The van der Waals surface area contributed by atoms with E-state index in [4.69, 9.17) is 10.2 Å². The fourth-order valence-electron chi connectivity index (χ4n) is 4.40. The molecule has 34 heavy (non-hydrogen) atoms. The molecule has 1 saturated heterocycles. The van der Waals surface area contributed by atoms with Gasteiger partial charge in [-0.25, -0.2) is 9.97 Å². The van der Waals surface area contributed by atoms with E-state index < -0.39 is 0 Å². The van der Waals surface area contributed by atoms with E-state index in [-0.39, 0.29) is 5.91 Å². The zero-order valence-electron chi connectivity index (χ0n) is 19.8. The van der Waals surface area contributed by atoms with Gasteiger partial charge in [0.25, 0.3) is 5.91 Å². The van der Waals surface area contributed by atoms with Crippen molar-refractivity contribution in [3.8, 4) is 6.07 Å². The molecule has 1 aliphatic rings. The van der Waals surface area contributed by atoms with Gasteiger partial charge in [0, 0.05) is 42.8 Å². The zero-order valence-corrected chi connectivity index (χ0v) is 20.7. The highest BCUT2D eigenvalue weighted by Gasteiger charge is 2.22. The lowest BCUT2D eigenvalue weighted by atomic mass is 9.94. The van der Waals surface area contributed by atoms with Crippen LogP contribution in [-0.4, -0.2) is 56.7 Å². The number of likely N-dealkylation sites (tertiary alicyclic amines) is 1. The third-order valence-electron chi connectivity index (χ3n) is 6.28. The van der Waals surface area contributed by atoms with Crippen LogP contribution in [0.15, 0.2) is 23.6 Å². The van der Waals surface area contributed by atoms with Crippen molar-refractivity contribution in [3.63, 3.8) is 0 Å². The average Bonchev–Trinajstić information content (AvgIpc) is 3.39. The minimum absolute atomic E-state index is 0.190. The maximum atomic E-state index is 12.6. The number of anilines is 2. The molecule has 0 spiro atoms. The molecule has 0 aromatic carbocycles.